The Morgan fingerprint density at radius 2 is 1.72 bits per heavy atom. The highest BCUT2D eigenvalue weighted by atomic mass is 35.5. The summed E-state index contributed by atoms with van der Waals surface area (Å²) in [6.45, 7) is 5.14. The summed E-state index contributed by atoms with van der Waals surface area (Å²) in [6, 6.07) is 1.44. The fraction of sp³-hybridized carbons (Fsp3) is 0.524. The van der Waals surface area contributed by atoms with Crippen molar-refractivity contribution in [1.82, 2.24) is 9.21 Å². The van der Waals surface area contributed by atoms with Gasteiger partial charge in [0.1, 0.15) is 16.7 Å². The quantitative estimate of drug-likeness (QED) is 0.250. The Hall–Kier alpha value is -2.13. The number of sulfonamides is 1. The van der Waals surface area contributed by atoms with E-state index in [2.05, 4.69) is 5.32 Å². The molecule has 0 spiro atoms. The summed E-state index contributed by atoms with van der Waals surface area (Å²) in [7, 11) is -7.66. The zero-order chi connectivity index (χ0) is 27.4. The second-order valence-electron chi connectivity index (χ2n) is 8.58. The molecule has 2 N–H and O–H groups in total. The number of rotatable bonds is 10. The molecule has 1 aromatic rings. The molecule has 1 saturated heterocycles. The molecule has 0 saturated carbocycles. The van der Waals surface area contributed by atoms with E-state index >= 15 is 0 Å². The van der Waals surface area contributed by atoms with Crippen molar-refractivity contribution in [2.24, 2.45) is 0 Å². The molecule has 15 heteroatoms. The minimum absolute atomic E-state index is 0.0216. The molecular formula is C21H29ClF2N4O6S2. The van der Waals surface area contributed by atoms with Gasteiger partial charge in [-0.25, -0.2) is 17.2 Å². The van der Waals surface area contributed by atoms with E-state index in [1.807, 2.05) is 0 Å². The van der Waals surface area contributed by atoms with E-state index in [1.54, 1.807) is 0 Å². The molecule has 10 nitrogen and oxygen atoms in total. The summed E-state index contributed by atoms with van der Waals surface area (Å²) in [5, 5.41) is 7.95. The fourth-order valence-corrected chi connectivity index (χ4v) is 5.47. The molecule has 1 unspecified atom stereocenters. The predicted octanol–water partition coefficient (Wildman–Crippen LogP) is 2.48. The third kappa shape index (κ3) is 7.22. The van der Waals surface area contributed by atoms with E-state index in [4.69, 9.17) is 21.2 Å². The lowest BCUT2D eigenvalue weighted by Gasteiger charge is -2.42. The van der Waals surface area contributed by atoms with Crippen molar-refractivity contribution in [3.63, 3.8) is 0 Å². The maximum atomic E-state index is 13.5. The van der Waals surface area contributed by atoms with Gasteiger partial charge in [-0.3, -0.25) is 8.98 Å². The van der Waals surface area contributed by atoms with E-state index in [1.165, 1.54) is 36.9 Å². The van der Waals surface area contributed by atoms with Gasteiger partial charge < -0.3 is 15.6 Å². The molecule has 1 aromatic carbocycles. The molecule has 2 rings (SSSR count). The molecule has 0 aromatic heterocycles. The highest BCUT2D eigenvalue weighted by Gasteiger charge is 2.37. The first-order valence-electron chi connectivity index (χ1n) is 10.9. The second-order valence-corrected chi connectivity index (χ2v) is 13.6. The summed E-state index contributed by atoms with van der Waals surface area (Å²) in [6.07, 6.45) is 0.755. The average molecular weight is 571 g/mol. The molecule has 0 radical (unpaired) electrons. The van der Waals surface area contributed by atoms with Gasteiger partial charge in [-0.1, -0.05) is 11.6 Å². The minimum Gasteiger partial charge on any atom is -0.361 e. The van der Waals surface area contributed by atoms with Gasteiger partial charge in [-0.2, -0.15) is 12.7 Å². The SMILES string of the molecule is CC(C)S(=O)(=O)OCC1CN(S(=O)(=O)C(C)C)CCN1C(C=N)=C(Cl)C(=O)Nc1cc(F)cc(F)c1. The largest absolute Gasteiger partial charge is 0.361 e. The third-order valence-corrected chi connectivity index (χ3v) is 9.62. The summed E-state index contributed by atoms with van der Waals surface area (Å²) < 4.78 is 83.2. The van der Waals surface area contributed by atoms with E-state index in [0.29, 0.717) is 6.07 Å². The number of anilines is 1. The van der Waals surface area contributed by atoms with Gasteiger partial charge in [0, 0.05) is 37.6 Å². The van der Waals surface area contributed by atoms with Gasteiger partial charge in [-0.15, -0.1) is 0 Å². The number of hydrogen-bond donors (Lipinski definition) is 2. The van der Waals surface area contributed by atoms with Gasteiger partial charge in [0.2, 0.25) is 10.0 Å². The van der Waals surface area contributed by atoms with Crippen molar-refractivity contribution in [3.05, 3.63) is 40.6 Å². The number of benzene rings is 1. The van der Waals surface area contributed by atoms with Crippen LogP contribution in [0.2, 0.25) is 0 Å². The third-order valence-electron chi connectivity index (χ3n) is 5.39. The summed E-state index contributed by atoms with van der Waals surface area (Å²) in [5.74, 6) is -2.83. The van der Waals surface area contributed by atoms with Crippen LogP contribution in [0.3, 0.4) is 0 Å². The molecule has 1 heterocycles. The van der Waals surface area contributed by atoms with Crippen molar-refractivity contribution in [1.29, 1.82) is 5.41 Å². The Labute approximate surface area is 214 Å². The number of nitrogens with one attached hydrogen (secondary N) is 2. The number of halogens is 3. The standard InChI is InChI=1S/C21H29ClF2N4O6S2/c1-13(2)35(30,31)27-5-6-28(18(11-27)12-34-36(32,33)14(3)4)19(10-25)20(22)21(29)26-17-8-15(23)7-16(24)9-17/h7-10,13-14,18,25H,5-6,11-12H2,1-4H3,(H,26,29). The van der Waals surface area contributed by atoms with E-state index < -0.39 is 65.9 Å². The molecule has 1 amide bonds. The Morgan fingerprint density at radius 1 is 1.14 bits per heavy atom. The maximum absolute atomic E-state index is 13.5. The molecule has 202 valence electrons. The minimum atomic E-state index is -3.96. The average Bonchev–Trinajstić information content (AvgIpc) is 2.77. The van der Waals surface area contributed by atoms with Crippen LogP contribution in [0.5, 0.6) is 0 Å². The number of piperazine rings is 1. The number of carbonyl (C=O) groups is 1. The van der Waals surface area contributed by atoms with Gasteiger partial charge in [0.05, 0.1) is 28.8 Å². The Morgan fingerprint density at radius 3 is 2.22 bits per heavy atom. The Bertz CT molecular complexity index is 1220. The smallest absolute Gasteiger partial charge is 0.269 e. The number of allylic oxidation sites excluding steroid dienone is 1. The molecule has 1 aliphatic heterocycles. The van der Waals surface area contributed by atoms with Gasteiger partial charge in [0.15, 0.2) is 0 Å². The van der Waals surface area contributed by atoms with Crippen LogP contribution in [0.4, 0.5) is 14.5 Å². The van der Waals surface area contributed by atoms with Gasteiger partial charge in [-0.05, 0) is 39.8 Å². The van der Waals surface area contributed by atoms with Crippen LogP contribution in [0, 0.1) is 17.0 Å². The second kappa shape index (κ2) is 11.9. The lowest BCUT2D eigenvalue weighted by molar-refractivity contribution is -0.112. The molecule has 0 aliphatic carbocycles. The van der Waals surface area contributed by atoms with E-state index in [9.17, 15) is 30.4 Å². The normalized spacial score (nSPS) is 18.4. The van der Waals surface area contributed by atoms with Crippen LogP contribution in [-0.4, -0.2) is 80.9 Å². The first-order valence-corrected chi connectivity index (χ1v) is 14.3. The van der Waals surface area contributed by atoms with Crippen LogP contribution >= 0.6 is 11.6 Å². The van der Waals surface area contributed by atoms with E-state index in [0.717, 1.165) is 18.3 Å². The van der Waals surface area contributed by atoms with Crippen LogP contribution in [0.25, 0.3) is 0 Å². The molecule has 1 aliphatic rings. The fourth-order valence-electron chi connectivity index (χ4n) is 3.33. The number of nitrogens with zero attached hydrogens (tertiary/aromatic N) is 2. The van der Waals surface area contributed by atoms with Crippen molar-refractivity contribution in [3.8, 4) is 0 Å². The first kappa shape index (κ1) is 30.1. The van der Waals surface area contributed by atoms with Crippen molar-refractivity contribution < 1.29 is 34.6 Å². The topological polar surface area (TPSA) is 137 Å². The van der Waals surface area contributed by atoms with Crippen LogP contribution in [-0.2, 0) is 29.1 Å². The van der Waals surface area contributed by atoms with E-state index in [-0.39, 0.29) is 31.0 Å². The number of amides is 1. The predicted molar refractivity (Wildman–Crippen MR) is 133 cm³/mol. The molecular weight excluding hydrogens is 542 g/mol. The molecule has 1 atom stereocenters. The first-order chi connectivity index (χ1) is 16.6. The van der Waals surface area contributed by atoms with Crippen LogP contribution in [0.15, 0.2) is 28.9 Å². The molecule has 1 fully saturated rings. The summed E-state index contributed by atoms with van der Waals surface area (Å²) in [4.78, 5) is 14.1. The monoisotopic (exact) mass is 570 g/mol. The lowest BCUT2D eigenvalue weighted by Crippen LogP contribution is -2.57. The maximum Gasteiger partial charge on any atom is 0.269 e. The van der Waals surface area contributed by atoms with Crippen LogP contribution in [0.1, 0.15) is 27.7 Å². The molecule has 36 heavy (non-hydrogen) atoms. The molecule has 0 bridgehead atoms. The zero-order valence-electron chi connectivity index (χ0n) is 20.2. The van der Waals surface area contributed by atoms with Crippen molar-refractivity contribution in [2.75, 3.05) is 31.6 Å². The number of hydrogen-bond acceptors (Lipinski definition) is 8. The zero-order valence-corrected chi connectivity index (χ0v) is 22.6. The van der Waals surface area contributed by atoms with Gasteiger partial charge >= 0.3 is 0 Å². The van der Waals surface area contributed by atoms with Crippen molar-refractivity contribution >= 4 is 49.6 Å². The highest BCUT2D eigenvalue weighted by molar-refractivity contribution is 7.89. The lowest BCUT2D eigenvalue weighted by atomic mass is 10.1. The number of carbonyl (C=O) groups excluding carboxylic acids is 1. The Balaban J connectivity index is 2.40. The summed E-state index contributed by atoms with van der Waals surface area (Å²) >= 11 is 6.24. The Kier molecular flexibility index (Phi) is 9.99. The van der Waals surface area contributed by atoms with Crippen LogP contribution < -0.4 is 5.32 Å². The highest BCUT2D eigenvalue weighted by Crippen LogP contribution is 2.25. The summed E-state index contributed by atoms with van der Waals surface area (Å²) in [5.41, 5.74) is -0.362. The van der Waals surface area contributed by atoms with Gasteiger partial charge in [0.25, 0.3) is 16.0 Å². The van der Waals surface area contributed by atoms with Crippen molar-refractivity contribution in [2.45, 2.75) is 44.2 Å².